The molecule has 3 fully saturated rings. The Labute approximate surface area is 162 Å². The summed E-state index contributed by atoms with van der Waals surface area (Å²) in [4.78, 5) is 23.4. The second kappa shape index (κ2) is 6.74. The summed E-state index contributed by atoms with van der Waals surface area (Å²) in [6, 6.07) is 5.35. The normalized spacial score (nSPS) is 25.1. The zero-order chi connectivity index (χ0) is 19.3. The van der Waals surface area contributed by atoms with E-state index in [1.807, 2.05) is 0 Å². The van der Waals surface area contributed by atoms with Gasteiger partial charge in [0.25, 0.3) is 5.91 Å². The highest BCUT2D eigenvalue weighted by Crippen LogP contribution is 2.59. The zero-order valence-corrected chi connectivity index (χ0v) is 15.6. The van der Waals surface area contributed by atoms with Crippen molar-refractivity contribution in [3.63, 3.8) is 0 Å². The van der Waals surface area contributed by atoms with Crippen LogP contribution in [0.4, 0.5) is 0 Å². The molecule has 5 aliphatic rings. The zero-order valence-electron chi connectivity index (χ0n) is 15.6. The molecular formula is C21H23N3O4. The van der Waals surface area contributed by atoms with Crippen molar-refractivity contribution in [2.45, 2.75) is 32.3 Å². The van der Waals surface area contributed by atoms with Crippen molar-refractivity contribution >= 4 is 17.4 Å². The second-order valence-electron chi connectivity index (χ2n) is 8.19. The van der Waals surface area contributed by atoms with Crippen molar-refractivity contribution in [3.8, 4) is 0 Å². The monoisotopic (exact) mass is 381 g/mol. The number of hydrogen-bond acceptors (Lipinski definition) is 4. The standard InChI is InChI=1S/C21H23N3O4/c25-19(26)11-28-10-16-8-18-17(2-1-3-24(18)23-16)21(27)22-9-15-6-12-4-13-7-14(5-12)20(13)15/h1-3,8,12-14H,4-7,9-11H2,(H,22,27)(H,25,26). The molecule has 5 aliphatic carbocycles. The lowest BCUT2D eigenvalue weighted by atomic mass is 9.51. The highest BCUT2D eigenvalue weighted by atomic mass is 16.5. The largest absolute Gasteiger partial charge is 0.480 e. The molecule has 146 valence electrons. The van der Waals surface area contributed by atoms with Gasteiger partial charge in [0, 0.05) is 12.7 Å². The van der Waals surface area contributed by atoms with Crippen LogP contribution < -0.4 is 5.32 Å². The predicted octanol–water partition coefficient (Wildman–Crippen LogP) is 2.41. The minimum Gasteiger partial charge on any atom is -0.480 e. The Balaban J connectivity index is 1.29. The minimum atomic E-state index is -1.02. The molecule has 7 heteroatoms. The third-order valence-electron chi connectivity index (χ3n) is 6.36. The fourth-order valence-corrected chi connectivity index (χ4v) is 5.36. The van der Waals surface area contributed by atoms with E-state index in [1.165, 1.54) is 24.8 Å². The number of nitrogens with one attached hydrogen (secondary N) is 1. The molecular weight excluding hydrogens is 358 g/mol. The van der Waals surface area contributed by atoms with Crippen LogP contribution in [0.5, 0.6) is 0 Å². The highest BCUT2D eigenvalue weighted by molar-refractivity contribution is 6.00. The quantitative estimate of drug-likeness (QED) is 0.719. The molecule has 0 saturated heterocycles. The summed E-state index contributed by atoms with van der Waals surface area (Å²) in [5.74, 6) is 1.27. The Bertz CT molecular complexity index is 979. The molecule has 2 N–H and O–H groups in total. The first-order chi connectivity index (χ1) is 13.6. The Morgan fingerprint density at radius 3 is 2.86 bits per heavy atom. The van der Waals surface area contributed by atoms with Crippen LogP contribution in [0.25, 0.3) is 5.52 Å². The molecule has 0 spiro atoms. The average Bonchev–Trinajstić information content (AvgIpc) is 3.08. The lowest BCUT2D eigenvalue weighted by Gasteiger charge is -2.54. The molecule has 0 aliphatic heterocycles. The smallest absolute Gasteiger partial charge is 0.329 e. The van der Waals surface area contributed by atoms with Crippen molar-refractivity contribution in [3.05, 3.63) is 46.8 Å². The van der Waals surface area contributed by atoms with E-state index in [2.05, 4.69) is 10.4 Å². The van der Waals surface area contributed by atoms with E-state index in [1.54, 1.807) is 34.5 Å². The van der Waals surface area contributed by atoms with Gasteiger partial charge in [-0.05, 0) is 61.6 Å². The van der Waals surface area contributed by atoms with E-state index in [4.69, 9.17) is 9.84 Å². The number of carbonyl (C=O) groups excluding carboxylic acids is 1. The van der Waals surface area contributed by atoms with Gasteiger partial charge in [-0.2, -0.15) is 5.10 Å². The summed E-state index contributed by atoms with van der Waals surface area (Å²) >= 11 is 0. The molecule has 28 heavy (non-hydrogen) atoms. The third kappa shape index (κ3) is 2.99. The number of carboxylic acids is 1. The fraction of sp³-hybridized carbons (Fsp3) is 0.476. The number of amides is 1. The van der Waals surface area contributed by atoms with Gasteiger partial charge >= 0.3 is 5.97 Å². The fourth-order valence-electron chi connectivity index (χ4n) is 5.36. The van der Waals surface area contributed by atoms with Crippen molar-refractivity contribution < 1.29 is 19.4 Å². The van der Waals surface area contributed by atoms with Gasteiger partial charge in [0.1, 0.15) is 6.61 Å². The van der Waals surface area contributed by atoms with Gasteiger partial charge in [-0.3, -0.25) is 4.79 Å². The van der Waals surface area contributed by atoms with Gasteiger partial charge in [0.05, 0.1) is 23.4 Å². The van der Waals surface area contributed by atoms with Gasteiger partial charge < -0.3 is 15.2 Å². The summed E-state index contributed by atoms with van der Waals surface area (Å²) in [5.41, 5.74) is 4.95. The van der Waals surface area contributed by atoms with Crippen LogP contribution >= 0.6 is 0 Å². The first-order valence-electron chi connectivity index (χ1n) is 9.85. The molecule has 0 radical (unpaired) electrons. The number of nitrogens with zero attached hydrogens (tertiary/aromatic N) is 2. The van der Waals surface area contributed by atoms with E-state index in [0.717, 1.165) is 24.2 Å². The summed E-state index contributed by atoms with van der Waals surface area (Å²) < 4.78 is 6.73. The Morgan fingerprint density at radius 1 is 1.29 bits per heavy atom. The number of fused-ring (bicyclic) bond motifs is 2. The lowest BCUT2D eigenvalue weighted by Crippen LogP contribution is -2.44. The molecule has 2 aromatic heterocycles. The summed E-state index contributed by atoms with van der Waals surface area (Å²) in [7, 11) is 0. The molecule has 3 saturated carbocycles. The first kappa shape index (κ1) is 17.4. The summed E-state index contributed by atoms with van der Waals surface area (Å²) in [5, 5.41) is 16.1. The maximum Gasteiger partial charge on any atom is 0.329 e. The Kier molecular flexibility index (Phi) is 4.19. The van der Waals surface area contributed by atoms with Gasteiger partial charge in [0.2, 0.25) is 0 Å². The molecule has 1 amide bonds. The van der Waals surface area contributed by atoms with Crippen LogP contribution in [0.2, 0.25) is 0 Å². The number of carbonyl (C=O) groups is 2. The predicted molar refractivity (Wildman–Crippen MR) is 101 cm³/mol. The molecule has 4 bridgehead atoms. The molecule has 0 aromatic carbocycles. The number of aromatic nitrogens is 2. The van der Waals surface area contributed by atoms with E-state index in [9.17, 15) is 9.59 Å². The van der Waals surface area contributed by atoms with Crippen LogP contribution in [-0.2, 0) is 16.1 Å². The maximum absolute atomic E-state index is 12.8. The first-order valence-corrected chi connectivity index (χ1v) is 9.85. The summed E-state index contributed by atoms with van der Waals surface area (Å²) in [6.07, 6.45) is 6.97. The van der Waals surface area contributed by atoms with Gasteiger partial charge in [0.15, 0.2) is 0 Å². The van der Waals surface area contributed by atoms with Crippen LogP contribution in [0.1, 0.15) is 41.7 Å². The summed E-state index contributed by atoms with van der Waals surface area (Å²) in [6.45, 7) is 0.360. The average molecular weight is 381 g/mol. The number of hydrogen-bond donors (Lipinski definition) is 2. The number of allylic oxidation sites excluding steroid dienone is 1. The van der Waals surface area contributed by atoms with Gasteiger partial charge in [-0.15, -0.1) is 0 Å². The van der Waals surface area contributed by atoms with Crippen LogP contribution in [0.3, 0.4) is 0 Å². The van der Waals surface area contributed by atoms with Crippen molar-refractivity contribution in [1.82, 2.24) is 14.9 Å². The second-order valence-corrected chi connectivity index (χ2v) is 8.19. The maximum atomic E-state index is 12.8. The molecule has 2 aromatic rings. The third-order valence-corrected chi connectivity index (χ3v) is 6.36. The van der Waals surface area contributed by atoms with E-state index >= 15 is 0 Å². The number of aliphatic carboxylic acids is 1. The number of ether oxygens (including phenoxy) is 1. The number of carboxylic acid groups (broad SMARTS) is 1. The van der Waals surface area contributed by atoms with E-state index in [-0.39, 0.29) is 19.1 Å². The lowest BCUT2D eigenvalue weighted by molar-refractivity contribution is -0.142. The Morgan fingerprint density at radius 2 is 2.11 bits per heavy atom. The number of pyridine rings is 1. The van der Waals surface area contributed by atoms with Crippen molar-refractivity contribution in [2.24, 2.45) is 17.8 Å². The van der Waals surface area contributed by atoms with Gasteiger partial charge in [-0.25, -0.2) is 9.31 Å². The SMILES string of the molecule is O=C(O)COCc1cc2c(C(=O)NCC3=C4C5CC(C3)CC4C5)cccn2n1. The number of rotatable bonds is 7. The molecule has 7 nitrogen and oxygen atoms in total. The van der Waals surface area contributed by atoms with Crippen molar-refractivity contribution in [1.29, 1.82) is 0 Å². The molecule has 2 atom stereocenters. The van der Waals surface area contributed by atoms with E-state index < -0.39 is 5.97 Å². The van der Waals surface area contributed by atoms with Crippen molar-refractivity contribution in [2.75, 3.05) is 13.2 Å². The van der Waals surface area contributed by atoms with Crippen LogP contribution in [0.15, 0.2) is 35.5 Å². The van der Waals surface area contributed by atoms with E-state index in [0.29, 0.717) is 23.3 Å². The topological polar surface area (TPSA) is 92.9 Å². The van der Waals surface area contributed by atoms with Crippen LogP contribution in [0, 0.1) is 17.8 Å². The van der Waals surface area contributed by atoms with Gasteiger partial charge in [-0.1, -0.05) is 11.1 Å². The highest BCUT2D eigenvalue weighted by Gasteiger charge is 2.47. The minimum absolute atomic E-state index is 0.0927. The molecule has 7 rings (SSSR count). The Hall–Kier alpha value is -2.67. The molecule has 2 unspecified atom stereocenters. The van der Waals surface area contributed by atoms with Crippen LogP contribution in [-0.4, -0.2) is 39.7 Å². The molecule has 2 heterocycles.